The van der Waals surface area contributed by atoms with Crippen molar-refractivity contribution in [1.82, 2.24) is 19.3 Å². The van der Waals surface area contributed by atoms with E-state index < -0.39 is 5.25 Å². The van der Waals surface area contributed by atoms with E-state index in [0.717, 1.165) is 17.1 Å². The summed E-state index contributed by atoms with van der Waals surface area (Å²) >= 11 is 1.28. The molecule has 3 aromatic rings. The lowest BCUT2D eigenvalue weighted by atomic mass is 10.2. The fourth-order valence-corrected chi connectivity index (χ4v) is 3.88. The molecule has 0 spiro atoms. The van der Waals surface area contributed by atoms with Gasteiger partial charge in [0.05, 0.1) is 33.2 Å². The maximum atomic E-state index is 12.7. The minimum absolute atomic E-state index is 0.0860. The number of nitrogens with one attached hydrogen (secondary N) is 1. The summed E-state index contributed by atoms with van der Waals surface area (Å²) in [7, 11) is 1.84. The van der Waals surface area contributed by atoms with Crippen LogP contribution in [0.3, 0.4) is 0 Å². The van der Waals surface area contributed by atoms with Gasteiger partial charge in [-0.05, 0) is 39.8 Å². The fourth-order valence-electron chi connectivity index (χ4n) is 2.91. The molecule has 0 aliphatic rings. The van der Waals surface area contributed by atoms with Crippen molar-refractivity contribution in [2.24, 2.45) is 7.05 Å². The maximum Gasteiger partial charge on any atom is 0.262 e. The van der Waals surface area contributed by atoms with Crippen LogP contribution in [-0.4, -0.2) is 30.5 Å². The molecule has 1 amide bonds. The van der Waals surface area contributed by atoms with Crippen LogP contribution in [0.25, 0.3) is 10.9 Å². The van der Waals surface area contributed by atoms with Gasteiger partial charge in [0, 0.05) is 13.6 Å². The van der Waals surface area contributed by atoms with Crippen LogP contribution in [-0.2, 0) is 18.4 Å². The van der Waals surface area contributed by atoms with E-state index in [0.29, 0.717) is 22.6 Å². The smallest absolute Gasteiger partial charge is 0.262 e. The Balaban J connectivity index is 1.88. The molecule has 3 rings (SSSR count). The Morgan fingerprint density at radius 2 is 2.00 bits per heavy atom. The Labute approximate surface area is 161 Å². The summed E-state index contributed by atoms with van der Waals surface area (Å²) < 4.78 is 3.35. The van der Waals surface area contributed by atoms with Crippen molar-refractivity contribution in [3.63, 3.8) is 0 Å². The first-order valence-electron chi connectivity index (χ1n) is 8.80. The van der Waals surface area contributed by atoms with E-state index in [1.165, 1.54) is 11.8 Å². The molecule has 1 N–H and O–H groups in total. The third-order valence-electron chi connectivity index (χ3n) is 4.55. The lowest BCUT2D eigenvalue weighted by molar-refractivity contribution is -0.115. The standard InChI is InChI=1S/C19H23N5O2S/c1-6-24-18(26)14-9-7-8-10-15(14)20-19(24)27-13(4)17(25)21-16-11(2)22-23(5)12(16)3/h7-10,13H,6H2,1-5H3,(H,21,25). The average Bonchev–Trinajstić information content (AvgIpc) is 2.88. The van der Waals surface area contributed by atoms with Crippen LogP contribution in [0.1, 0.15) is 25.2 Å². The number of amides is 1. The van der Waals surface area contributed by atoms with E-state index in [9.17, 15) is 9.59 Å². The molecule has 0 saturated heterocycles. The maximum absolute atomic E-state index is 12.7. The Morgan fingerprint density at radius 1 is 1.30 bits per heavy atom. The fraction of sp³-hybridized carbons (Fsp3) is 0.368. The number of nitrogens with zero attached hydrogens (tertiary/aromatic N) is 4. The number of carbonyl (C=O) groups is 1. The second-order valence-corrected chi connectivity index (χ2v) is 7.69. The number of hydrogen-bond acceptors (Lipinski definition) is 5. The van der Waals surface area contributed by atoms with Gasteiger partial charge in [-0.2, -0.15) is 5.10 Å². The number of rotatable bonds is 5. The average molecular weight is 385 g/mol. The monoisotopic (exact) mass is 385 g/mol. The largest absolute Gasteiger partial charge is 0.322 e. The second kappa shape index (κ2) is 7.56. The number of carbonyl (C=O) groups excluding carboxylic acids is 1. The van der Waals surface area contributed by atoms with Crippen LogP contribution >= 0.6 is 11.8 Å². The third kappa shape index (κ3) is 3.62. The molecule has 0 aliphatic heterocycles. The number of benzene rings is 1. The molecular formula is C19H23N5O2S. The minimum Gasteiger partial charge on any atom is -0.322 e. The summed E-state index contributed by atoms with van der Waals surface area (Å²) in [5, 5.41) is 7.98. The van der Waals surface area contributed by atoms with Crippen molar-refractivity contribution in [3.05, 3.63) is 46.0 Å². The van der Waals surface area contributed by atoms with Gasteiger partial charge in [-0.15, -0.1) is 0 Å². The van der Waals surface area contributed by atoms with E-state index in [2.05, 4.69) is 15.4 Å². The van der Waals surface area contributed by atoms with E-state index in [4.69, 9.17) is 0 Å². The molecule has 2 aromatic heterocycles. The number of hydrogen-bond donors (Lipinski definition) is 1. The summed E-state index contributed by atoms with van der Waals surface area (Å²) in [6.07, 6.45) is 0. The van der Waals surface area contributed by atoms with E-state index >= 15 is 0 Å². The van der Waals surface area contributed by atoms with Gasteiger partial charge in [0.15, 0.2) is 5.16 Å². The molecule has 0 radical (unpaired) electrons. The van der Waals surface area contributed by atoms with Crippen LogP contribution in [0.15, 0.2) is 34.2 Å². The SMILES string of the molecule is CCn1c(SC(C)C(=O)Nc2c(C)nn(C)c2C)nc2ccccc2c1=O. The van der Waals surface area contributed by atoms with Crippen LogP contribution in [0, 0.1) is 13.8 Å². The number of anilines is 1. The van der Waals surface area contributed by atoms with Crippen molar-refractivity contribution in [3.8, 4) is 0 Å². The van der Waals surface area contributed by atoms with Gasteiger partial charge in [0.25, 0.3) is 5.56 Å². The van der Waals surface area contributed by atoms with Gasteiger partial charge in [0.1, 0.15) is 0 Å². The molecule has 7 nitrogen and oxygen atoms in total. The molecular weight excluding hydrogens is 362 g/mol. The first-order chi connectivity index (χ1) is 12.8. The molecule has 0 bridgehead atoms. The highest BCUT2D eigenvalue weighted by atomic mass is 32.2. The van der Waals surface area contributed by atoms with Gasteiger partial charge < -0.3 is 5.32 Å². The molecule has 27 heavy (non-hydrogen) atoms. The second-order valence-electron chi connectivity index (χ2n) is 6.38. The minimum atomic E-state index is -0.421. The zero-order valence-electron chi connectivity index (χ0n) is 16.1. The Hall–Kier alpha value is -2.61. The van der Waals surface area contributed by atoms with E-state index in [1.54, 1.807) is 15.3 Å². The molecule has 0 saturated carbocycles. The van der Waals surface area contributed by atoms with Crippen LogP contribution in [0.4, 0.5) is 5.69 Å². The number of fused-ring (bicyclic) bond motifs is 1. The third-order valence-corrected chi connectivity index (χ3v) is 5.64. The molecule has 8 heteroatoms. The van der Waals surface area contributed by atoms with Crippen molar-refractivity contribution in [2.45, 2.75) is 44.6 Å². The predicted molar refractivity (Wildman–Crippen MR) is 108 cm³/mol. The summed E-state index contributed by atoms with van der Waals surface area (Å²) in [6, 6.07) is 7.26. The van der Waals surface area contributed by atoms with Crippen LogP contribution < -0.4 is 10.9 Å². The molecule has 1 aromatic carbocycles. The first-order valence-corrected chi connectivity index (χ1v) is 9.68. The summed E-state index contributed by atoms with van der Waals surface area (Å²) in [4.78, 5) is 30.0. The molecule has 2 heterocycles. The predicted octanol–water partition coefficient (Wildman–Crippen LogP) is 2.89. The molecule has 1 unspecified atom stereocenters. The highest BCUT2D eigenvalue weighted by Crippen LogP contribution is 2.25. The van der Waals surface area contributed by atoms with E-state index in [1.807, 2.05) is 52.9 Å². The van der Waals surface area contributed by atoms with Crippen molar-refractivity contribution < 1.29 is 4.79 Å². The van der Waals surface area contributed by atoms with Crippen molar-refractivity contribution in [2.75, 3.05) is 5.32 Å². The zero-order chi connectivity index (χ0) is 19.7. The quantitative estimate of drug-likeness (QED) is 0.539. The molecule has 0 fully saturated rings. The summed E-state index contributed by atoms with van der Waals surface area (Å²) in [6.45, 7) is 7.97. The molecule has 0 aliphatic carbocycles. The van der Waals surface area contributed by atoms with Crippen LogP contribution in [0.5, 0.6) is 0 Å². The number of aromatic nitrogens is 4. The van der Waals surface area contributed by atoms with Gasteiger partial charge in [-0.25, -0.2) is 4.98 Å². The van der Waals surface area contributed by atoms with Crippen molar-refractivity contribution in [1.29, 1.82) is 0 Å². The number of aryl methyl sites for hydroxylation is 2. The lowest BCUT2D eigenvalue weighted by Crippen LogP contribution is -2.27. The highest BCUT2D eigenvalue weighted by molar-refractivity contribution is 8.00. The Kier molecular flexibility index (Phi) is 5.36. The first kappa shape index (κ1) is 19.2. The van der Waals surface area contributed by atoms with Gasteiger partial charge in [-0.3, -0.25) is 18.8 Å². The zero-order valence-corrected chi connectivity index (χ0v) is 16.9. The highest BCUT2D eigenvalue weighted by Gasteiger charge is 2.21. The van der Waals surface area contributed by atoms with Gasteiger partial charge >= 0.3 is 0 Å². The summed E-state index contributed by atoms with van der Waals surface area (Å²) in [5.74, 6) is -0.149. The molecule has 142 valence electrons. The Morgan fingerprint density at radius 3 is 2.63 bits per heavy atom. The Bertz CT molecular complexity index is 1070. The van der Waals surface area contributed by atoms with Gasteiger partial charge in [0.2, 0.25) is 5.91 Å². The van der Waals surface area contributed by atoms with Crippen molar-refractivity contribution >= 4 is 34.3 Å². The van der Waals surface area contributed by atoms with Crippen LogP contribution in [0.2, 0.25) is 0 Å². The number of thioether (sulfide) groups is 1. The number of para-hydroxylation sites is 1. The summed E-state index contributed by atoms with van der Waals surface area (Å²) in [5.41, 5.74) is 2.95. The lowest BCUT2D eigenvalue weighted by Gasteiger charge is -2.15. The normalized spacial score (nSPS) is 12.3. The topological polar surface area (TPSA) is 81.8 Å². The van der Waals surface area contributed by atoms with E-state index in [-0.39, 0.29) is 11.5 Å². The molecule has 1 atom stereocenters. The van der Waals surface area contributed by atoms with Gasteiger partial charge in [-0.1, -0.05) is 23.9 Å².